The molecule has 3 N–H and O–H groups in total. The molecule has 8 heteroatoms. The predicted molar refractivity (Wildman–Crippen MR) is 129 cm³/mol. The van der Waals surface area contributed by atoms with Crippen molar-refractivity contribution in [3.63, 3.8) is 0 Å². The molecule has 2 aliphatic heterocycles. The first-order valence-electron chi connectivity index (χ1n) is 12.1. The van der Waals surface area contributed by atoms with E-state index in [1.54, 1.807) is 7.11 Å². The third kappa shape index (κ3) is 2.93. The first-order valence-corrected chi connectivity index (χ1v) is 12.5. The first-order chi connectivity index (χ1) is 15.9. The zero-order valence-corrected chi connectivity index (χ0v) is 20.2. The van der Waals surface area contributed by atoms with E-state index in [1.807, 2.05) is 24.1 Å². The van der Waals surface area contributed by atoms with Crippen LogP contribution < -0.4 is 15.2 Å². The maximum atomic E-state index is 12.5. The predicted octanol–water partition coefficient (Wildman–Crippen LogP) is 1.95. The van der Waals surface area contributed by atoms with Crippen LogP contribution in [0.4, 0.5) is 0 Å². The summed E-state index contributed by atoms with van der Waals surface area (Å²) in [6.07, 6.45) is 6.35. The molecule has 2 fully saturated rings. The summed E-state index contributed by atoms with van der Waals surface area (Å²) in [6.45, 7) is 3.13. The molecule has 7 nitrogen and oxygen atoms in total. The number of methoxy groups -OCH3 is 1. The molecule has 1 aromatic carbocycles. The highest BCUT2D eigenvalue weighted by Crippen LogP contribution is 2.65. The quantitative estimate of drug-likeness (QED) is 0.610. The summed E-state index contributed by atoms with van der Waals surface area (Å²) < 4.78 is 18.6. The number of likely N-dealkylation sites (N-methyl/N-ethyl adjacent to an activating group) is 1. The van der Waals surface area contributed by atoms with Crippen molar-refractivity contribution in [2.45, 2.75) is 55.3 Å². The number of likely N-dealkylation sites (tertiary alicyclic amines) is 1. The summed E-state index contributed by atoms with van der Waals surface area (Å²) in [7, 11) is 3.55. The van der Waals surface area contributed by atoms with E-state index in [0.717, 1.165) is 43.2 Å². The van der Waals surface area contributed by atoms with E-state index >= 15 is 0 Å². The summed E-state index contributed by atoms with van der Waals surface area (Å²) in [5.74, 6) is 2.93. The lowest BCUT2D eigenvalue weighted by Crippen LogP contribution is -2.75. The largest absolute Gasteiger partial charge is 0.493 e. The number of thiocarbonyl (C=S) groups is 1. The normalized spacial score (nSPS) is 33.6. The number of ether oxygens (including phenoxy) is 3. The monoisotopic (exact) mass is 471 g/mol. The van der Waals surface area contributed by atoms with Gasteiger partial charge in [-0.1, -0.05) is 6.07 Å². The van der Waals surface area contributed by atoms with Gasteiger partial charge in [-0.3, -0.25) is 4.90 Å². The van der Waals surface area contributed by atoms with Crippen molar-refractivity contribution in [2.75, 3.05) is 40.3 Å². The molecule has 3 aliphatic carbocycles. The Hall–Kier alpha value is -1.87. The van der Waals surface area contributed by atoms with E-state index < -0.39 is 17.1 Å². The molecule has 0 amide bonds. The maximum Gasteiger partial charge on any atom is 0.264 e. The second kappa shape index (κ2) is 7.57. The molecule has 1 aromatic rings. The Morgan fingerprint density at radius 1 is 1.39 bits per heavy atom. The Kier molecular flexibility index (Phi) is 4.96. The molecule has 2 heterocycles. The molecule has 33 heavy (non-hydrogen) atoms. The SMILES string of the molecule is COc1ccc2c3c1O[C@H]1C(OC(=S)N(C)CCN)=CC[C@@]4(O)C(C2)N(CC2CC2)CC[C@]314. The van der Waals surface area contributed by atoms with Crippen LogP contribution >= 0.6 is 12.2 Å². The molecule has 2 bridgehead atoms. The lowest BCUT2D eigenvalue weighted by Gasteiger charge is -2.62. The third-order valence-corrected chi connectivity index (χ3v) is 8.97. The molecular formula is C25H33N3O4S. The molecule has 0 aromatic heterocycles. The van der Waals surface area contributed by atoms with Crippen molar-refractivity contribution in [1.29, 1.82) is 0 Å². The molecule has 0 radical (unpaired) electrons. The first kappa shape index (κ1) is 21.6. The highest BCUT2D eigenvalue weighted by atomic mass is 32.1. The summed E-state index contributed by atoms with van der Waals surface area (Å²) >= 11 is 5.55. The van der Waals surface area contributed by atoms with Gasteiger partial charge in [0.2, 0.25) is 0 Å². The average molecular weight is 472 g/mol. The number of rotatable bonds is 6. The van der Waals surface area contributed by atoms with Gasteiger partial charge in [-0.25, -0.2) is 0 Å². The minimum atomic E-state index is -0.924. The smallest absolute Gasteiger partial charge is 0.264 e. The van der Waals surface area contributed by atoms with Gasteiger partial charge in [-0.05, 0) is 68.1 Å². The van der Waals surface area contributed by atoms with Crippen molar-refractivity contribution in [3.05, 3.63) is 35.1 Å². The van der Waals surface area contributed by atoms with Crippen LogP contribution in [0.25, 0.3) is 0 Å². The van der Waals surface area contributed by atoms with Crippen LogP contribution in [0.2, 0.25) is 0 Å². The van der Waals surface area contributed by atoms with E-state index in [1.165, 1.54) is 18.4 Å². The van der Waals surface area contributed by atoms with Gasteiger partial charge in [-0.2, -0.15) is 0 Å². The summed E-state index contributed by atoms with van der Waals surface area (Å²) in [6, 6.07) is 4.23. The lowest BCUT2D eigenvalue weighted by atomic mass is 9.50. The van der Waals surface area contributed by atoms with E-state index in [0.29, 0.717) is 36.2 Å². The van der Waals surface area contributed by atoms with Crippen molar-refractivity contribution >= 4 is 17.4 Å². The molecule has 178 valence electrons. The number of hydrogen-bond donors (Lipinski definition) is 2. The van der Waals surface area contributed by atoms with Gasteiger partial charge in [0.05, 0.1) is 18.1 Å². The maximum absolute atomic E-state index is 12.5. The van der Waals surface area contributed by atoms with Gasteiger partial charge in [0.1, 0.15) is 5.76 Å². The van der Waals surface area contributed by atoms with Crippen molar-refractivity contribution in [1.82, 2.24) is 9.80 Å². The van der Waals surface area contributed by atoms with Crippen LogP contribution in [-0.4, -0.2) is 78.2 Å². The highest BCUT2D eigenvalue weighted by Gasteiger charge is 2.72. The van der Waals surface area contributed by atoms with Crippen LogP contribution in [0.15, 0.2) is 24.0 Å². The Bertz CT molecular complexity index is 1030. The molecule has 4 atom stereocenters. The summed E-state index contributed by atoms with van der Waals surface area (Å²) in [4.78, 5) is 4.38. The minimum absolute atomic E-state index is 0.0643. The zero-order chi connectivity index (χ0) is 23.0. The fourth-order valence-corrected chi connectivity index (χ4v) is 6.97. The fraction of sp³-hybridized carbons (Fsp3) is 0.640. The Labute approximate surface area is 200 Å². The van der Waals surface area contributed by atoms with Gasteiger partial charge in [0, 0.05) is 44.7 Å². The number of aliphatic hydroxyl groups is 1. The van der Waals surface area contributed by atoms with E-state index in [4.69, 9.17) is 32.2 Å². The third-order valence-electron chi connectivity index (χ3n) is 8.57. The van der Waals surface area contributed by atoms with Gasteiger partial charge < -0.3 is 30.0 Å². The van der Waals surface area contributed by atoms with Crippen LogP contribution in [0.3, 0.4) is 0 Å². The zero-order valence-electron chi connectivity index (χ0n) is 19.4. The van der Waals surface area contributed by atoms with Crippen LogP contribution in [0.5, 0.6) is 11.5 Å². The number of nitrogens with two attached hydrogens (primary N) is 1. The Morgan fingerprint density at radius 2 is 2.21 bits per heavy atom. The molecule has 1 saturated heterocycles. The number of benzene rings is 1. The Balaban J connectivity index is 1.45. The summed E-state index contributed by atoms with van der Waals surface area (Å²) in [5.41, 5.74) is 6.59. The molecule has 1 spiro atoms. The number of piperidine rings is 1. The minimum Gasteiger partial charge on any atom is -0.493 e. The number of hydrogen-bond acceptors (Lipinski definition) is 7. The van der Waals surface area contributed by atoms with E-state index in [2.05, 4.69) is 11.0 Å². The van der Waals surface area contributed by atoms with Gasteiger partial charge in [-0.15, -0.1) is 0 Å². The van der Waals surface area contributed by atoms with E-state index in [9.17, 15) is 5.11 Å². The van der Waals surface area contributed by atoms with Crippen LogP contribution in [-0.2, 0) is 16.6 Å². The molecular weight excluding hydrogens is 438 g/mol. The summed E-state index contributed by atoms with van der Waals surface area (Å²) in [5, 5.41) is 12.9. The highest BCUT2D eigenvalue weighted by molar-refractivity contribution is 7.80. The molecule has 1 unspecified atom stereocenters. The Morgan fingerprint density at radius 3 is 2.94 bits per heavy atom. The second-order valence-electron chi connectivity index (χ2n) is 10.3. The van der Waals surface area contributed by atoms with Crippen molar-refractivity contribution in [2.24, 2.45) is 11.7 Å². The second-order valence-corrected chi connectivity index (χ2v) is 10.7. The van der Waals surface area contributed by atoms with Crippen LogP contribution in [0.1, 0.15) is 36.8 Å². The molecule has 1 saturated carbocycles. The van der Waals surface area contributed by atoms with Crippen LogP contribution in [0, 0.1) is 5.92 Å². The lowest BCUT2D eigenvalue weighted by molar-refractivity contribution is -0.168. The van der Waals surface area contributed by atoms with Crippen molar-refractivity contribution in [3.8, 4) is 11.5 Å². The molecule has 6 rings (SSSR count). The fourth-order valence-electron chi connectivity index (χ4n) is 6.78. The van der Waals surface area contributed by atoms with Gasteiger partial charge in [0.15, 0.2) is 17.6 Å². The van der Waals surface area contributed by atoms with Gasteiger partial charge >= 0.3 is 0 Å². The van der Waals surface area contributed by atoms with Crippen molar-refractivity contribution < 1.29 is 19.3 Å². The molecule has 5 aliphatic rings. The van der Waals surface area contributed by atoms with Gasteiger partial charge in [0.25, 0.3) is 5.17 Å². The topological polar surface area (TPSA) is 80.4 Å². The number of nitrogens with zero attached hydrogens (tertiary/aromatic N) is 2. The standard InChI is InChI=1S/C25H33N3O4S/c1-27(12-10-26)23(33)31-18-7-8-25(29)19-13-16-5-6-17(30-2)21-20(16)24(25,22(18)32-21)9-11-28(19)14-15-3-4-15/h5-7,15,19,22,29H,3-4,8-14,26H2,1-2H3/t19?,22-,24-,25+/m0/s1. The average Bonchev–Trinajstić information content (AvgIpc) is 3.54. The van der Waals surface area contributed by atoms with E-state index in [-0.39, 0.29) is 6.04 Å².